The van der Waals surface area contributed by atoms with Crippen molar-refractivity contribution in [1.29, 1.82) is 0 Å². The molecule has 3 aromatic carbocycles. The molecule has 47 heavy (non-hydrogen) atoms. The van der Waals surface area contributed by atoms with Gasteiger partial charge < -0.3 is 0 Å². The van der Waals surface area contributed by atoms with Crippen LogP contribution in [-0.4, -0.2) is 47.2 Å². The van der Waals surface area contributed by atoms with Crippen LogP contribution in [0, 0.1) is 0 Å². The van der Waals surface area contributed by atoms with Crippen LogP contribution in [-0.2, 0) is 11.3 Å². The third-order valence-corrected chi connectivity index (χ3v) is 15.2. The molecule has 2 aliphatic heterocycles. The van der Waals surface area contributed by atoms with Gasteiger partial charge in [-0.25, -0.2) is 0 Å². The van der Waals surface area contributed by atoms with Crippen LogP contribution in [0.15, 0.2) is 131 Å². The van der Waals surface area contributed by atoms with Crippen LogP contribution in [0.4, 0.5) is 11.4 Å². The summed E-state index contributed by atoms with van der Waals surface area (Å²) in [6, 6.07) is 26.5. The minimum atomic E-state index is -0.395. The van der Waals surface area contributed by atoms with Gasteiger partial charge in [-0.15, -0.1) is 0 Å². The van der Waals surface area contributed by atoms with E-state index in [2.05, 4.69) is 139 Å². The van der Waals surface area contributed by atoms with Gasteiger partial charge in [0.05, 0.1) is 0 Å². The Labute approximate surface area is 296 Å². The summed E-state index contributed by atoms with van der Waals surface area (Å²) in [5, 5.41) is 1.27. The van der Waals surface area contributed by atoms with Crippen molar-refractivity contribution >= 4 is 72.9 Å². The summed E-state index contributed by atoms with van der Waals surface area (Å²) in [6.45, 7) is 13.6. The molecule has 0 spiro atoms. The molecule has 0 saturated heterocycles. The van der Waals surface area contributed by atoms with E-state index < -0.39 is 4.62 Å². The summed E-state index contributed by atoms with van der Waals surface area (Å²) < 4.78 is 13.8. The maximum atomic E-state index is 7.38. The van der Waals surface area contributed by atoms with Crippen molar-refractivity contribution in [3.8, 4) is 0 Å². The molecule has 240 valence electrons. The molecule has 1 atom stereocenters. The number of hydrogen-bond donors (Lipinski definition) is 0. The molecule has 4 nitrogen and oxygen atoms in total. The molecule has 0 amide bonds. The predicted octanol–water partition coefficient (Wildman–Crippen LogP) is 8.17. The molecule has 7 rings (SSSR count). The van der Waals surface area contributed by atoms with E-state index in [4.69, 9.17) is 4.74 Å². The van der Waals surface area contributed by atoms with Crippen LogP contribution >= 0.6 is 11.8 Å². The van der Waals surface area contributed by atoms with Gasteiger partial charge in [0.1, 0.15) is 0 Å². The van der Waals surface area contributed by atoms with Crippen LogP contribution in [0.2, 0.25) is 0 Å². The van der Waals surface area contributed by atoms with E-state index in [0.717, 1.165) is 51.1 Å². The van der Waals surface area contributed by atoms with Crippen LogP contribution in [0.1, 0.15) is 51.0 Å². The van der Waals surface area contributed by atoms with Crippen molar-refractivity contribution in [3.63, 3.8) is 0 Å². The van der Waals surface area contributed by atoms with Gasteiger partial charge in [0.15, 0.2) is 0 Å². The normalized spacial score (nSPS) is 21.0. The number of anilines is 2. The van der Waals surface area contributed by atoms with Crippen molar-refractivity contribution in [1.82, 2.24) is 0 Å². The van der Waals surface area contributed by atoms with E-state index in [9.17, 15) is 0 Å². The van der Waals surface area contributed by atoms with Crippen molar-refractivity contribution in [2.24, 2.45) is 0 Å². The second kappa shape index (κ2) is 14.1. The van der Waals surface area contributed by atoms with E-state index in [1.54, 1.807) is 0 Å². The number of thioether (sulfide) groups is 1. The number of fused-ring (bicyclic) bond motifs is 3. The topological polar surface area (TPSA) is 19.6 Å². The van der Waals surface area contributed by atoms with Gasteiger partial charge in [-0.3, -0.25) is 0 Å². The monoisotopic (exact) mass is 772 g/mol. The zero-order valence-electron chi connectivity index (χ0n) is 27.4. The number of benzene rings is 3. The number of aryl methyl sites for hydroxylation is 1. The zero-order chi connectivity index (χ0) is 32.4. The Balaban J connectivity index is 1.30. The Morgan fingerprint density at radius 3 is 2.57 bits per heavy atom. The van der Waals surface area contributed by atoms with E-state index in [-0.39, 0.29) is 15.0 Å². The first-order chi connectivity index (χ1) is 23.0. The van der Waals surface area contributed by atoms with Gasteiger partial charge >= 0.3 is 298 Å². The number of aromatic nitrogens is 1. The van der Waals surface area contributed by atoms with E-state index in [0.29, 0.717) is 14.5 Å². The Morgan fingerprint density at radius 2 is 1.74 bits per heavy atom. The summed E-state index contributed by atoms with van der Waals surface area (Å²) in [6.07, 6.45) is 15.6. The maximum absolute atomic E-state index is 7.38. The third kappa shape index (κ3) is 6.37. The molecule has 0 N–H and O–H groups in total. The summed E-state index contributed by atoms with van der Waals surface area (Å²) >= 11 is 2.31. The Kier molecular flexibility index (Phi) is 9.73. The summed E-state index contributed by atoms with van der Waals surface area (Å²) in [5.74, 6) is 1.07. The molecule has 3 heterocycles. The fraction of sp³-hybridized carbons (Fsp3) is 0.275. The van der Waals surface area contributed by atoms with Crippen LogP contribution in [0.5, 0.6) is 0 Å². The minimum absolute atomic E-state index is 0.150. The van der Waals surface area contributed by atoms with Crippen molar-refractivity contribution < 1.29 is 9.30 Å². The summed E-state index contributed by atoms with van der Waals surface area (Å²) in [7, 11) is 0. The van der Waals surface area contributed by atoms with Gasteiger partial charge in [-0.05, 0) is 0 Å². The first kappa shape index (κ1) is 32.4. The van der Waals surface area contributed by atoms with E-state index in [1.165, 1.54) is 51.3 Å². The number of rotatable bonds is 10. The fourth-order valence-corrected chi connectivity index (χ4v) is 13.0. The SMILES string of the molecule is C=CCCN1/C(=C/C=C2\CCCC(/C=C/c3[se]c4ccccc4[n+]3CC)=C2OC2(C)[Se]c3ccccc3N2CC)Sc2ccccc21. The molecule has 0 fully saturated rings. The second-order valence-electron chi connectivity index (χ2n) is 12.0. The Bertz CT molecular complexity index is 1940. The number of nitrogens with zero attached hydrogens (tertiary/aromatic N) is 3. The van der Waals surface area contributed by atoms with Crippen molar-refractivity contribution in [3.05, 3.63) is 130 Å². The fourth-order valence-electron chi connectivity index (χ4n) is 6.79. The summed E-state index contributed by atoms with van der Waals surface area (Å²) in [4.78, 5) is 6.24. The quantitative estimate of drug-likeness (QED) is 0.0922. The number of hydrogen-bond acceptors (Lipinski definition) is 4. The van der Waals surface area contributed by atoms with Gasteiger partial charge in [0, 0.05) is 0 Å². The van der Waals surface area contributed by atoms with Gasteiger partial charge in [-0.1, -0.05) is 0 Å². The van der Waals surface area contributed by atoms with Crippen LogP contribution in [0.25, 0.3) is 15.9 Å². The summed E-state index contributed by atoms with van der Waals surface area (Å²) in [5.41, 5.74) is 6.58. The molecule has 4 aromatic rings. The van der Waals surface area contributed by atoms with Crippen LogP contribution in [0.3, 0.4) is 0 Å². The average Bonchev–Trinajstić information content (AvgIpc) is 3.73. The van der Waals surface area contributed by atoms with E-state index >= 15 is 0 Å². The van der Waals surface area contributed by atoms with Gasteiger partial charge in [-0.2, -0.15) is 0 Å². The average molecular weight is 771 g/mol. The molecule has 0 bridgehead atoms. The number of ether oxygens (including phenoxy) is 1. The van der Waals surface area contributed by atoms with Crippen molar-refractivity contribution in [2.75, 3.05) is 22.9 Å². The van der Waals surface area contributed by atoms with Gasteiger partial charge in [0.2, 0.25) is 0 Å². The van der Waals surface area contributed by atoms with Crippen LogP contribution < -0.4 is 18.8 Å². The molecule has 1 aromatic heterocycles. The zero-order valence-corrected chi connectivity index (χ0v) is 31.7. The molecule has 0 radical (unpaired) electrons. The Morgan fingerprint density at radius 1 is 0.957 bits per heavy atom. The first-order valence-electron chi connectivity index (χ1n) is 16.7. The number of allylic oxidation sites excluding steroid dienone is 5. The molecule has 1 unspecified atom stereocenters. The van der Waals surface area contributed by atoms with Gasteiger partial charge in [0.25, 0.3) is 0 Å². The number of para-hydroxylation sites is 3. The molecule has 7 heteroatoms. The molecule has 0 saturated carbocycles. The Hall–Kier alpha value is -3.18. The molecule has 1 aliphatic carbocycles. The van der Waals surface area contributed by atoms with E-state index in [1.807, 2.05) is 17.8 Å². The second-order valence-corrected chi connectivity index (χ2v) is 18.2. The molecule has 3 aliphatic rings. The molecular weight excluding hydrogens is 728 g/mol. The standard InChI is InChI=1S/C40H42N3OSSe2/c1-5-8-28-42-31-18-9-12-21-34(31)45-37(42)26-24-29-16-15-17-30(25-27-38-41(6-2)32-19-10-13-22-35(32)46-38)39(29)44-40(4)43(7-3)33-20-11-14-23-36(33)47-40/h5,9-14,18-27H,1,6-8,15-17,28H2,2-4H3/q+1. The van der Waals surface area contributed by atoms with Crippen molar-refractivity contribution in [2.45, 2.75) is 62.5 Å². The third-order valence-electron chi connectivity index (χ3n) is 9.03. The predicted molar refractivity (Wildman–Crippen MR) is 202 cm³/mol. The first-order valence-corrected chi connectivity index (χ1v) is 20.9. The molecular formula is C40H42N3OSSe2+.